The molecule has 6 N–H and O–H groups in total. The van der Waals surface area contributed by atoms with Gasteiger partial charge in [0.15, 0.2) is 5.13 Å². The largest absolute Gasteiger partial charge is 0.394 e. The molecule has 8 heteroatoms. The van der Waals surface area contributed by atoms with E-state index in [0.717, 1.165) is 24.3 Å². The molecule has 1 aromatic rings. The number of hydrogen-bond donors (Lipinski definition) is 5. The second kappa shape index (κ2) is 6.69. The lowest BCUT2D eigenvalue weighted by molar-refractivity contribution is 0.0728. The first-order valence-electron chi connectivity index (χ1n) is 6.00. The maximum Gasteiger partial charge on any atom is 0.265 e. The van der Waals surface area contributed by atoms with Crippen LogP contribution in [-0.2, 0) is 0 Å². The highest BCUT2D eigenvalue weighted by Crippen LogP contribution is 2.25. The van der Waals surface area contributed by atoms with Gasteiger partial charge in [-0.25, -0.2) is 4.98 Å². The molecule has 0 aliphatic heterocycles. The van der Waals surface area contributed by atoms with E-state index in [1.165, 1.54) is 0 Å². The quantitative estimate of drug-likeness (QED) is 0.482. The van der Waals surface area contributed by atoms with E-state index in [1.807, 2.05) is 6.92 Å². The Labute approximate surface area is 115 Å². The zero-order valence-electron chi connectivity index (χ0n) is 11.1. The Morgan fingerprint density at radius 3 is 2.63 bits per heavy atom. The summed E-state index contributed by atoms with van der Waals surface area (Å²) in [6, 6.07) is 0. The summed E-state index contributed by atoms with van der Waals surface area (Å²) in [7, 11) is 0. The van der Waals surface area contributed by atoms with Gasteiger partial charge in [-0.15, -0.1) is 0 Å². The summed E-state index contributed by atoms with van der Waals surface area (Å²) in [4.78, 5) is 16.3. The fourth-order valence-corrected chi connectivity index (χ4v) is 2.07. The highest BCUT2D eigenvalue weighted by atomic mass is 32.1. The number of carbonyl (C=O) groups is 1. The molecule has 0 saturated carbocycles. The molecule has 1 rings (SSSR count). The Balaban J connectivity index is 2.79. The highest BCUT2D eigenvalue weighted by molar-refractivity contribution is 7.18. The molecule has 0 aromatic carbocycles. The molecule has 1 aromatic heterocycles. The van der Waals surface area contributed by atoms with E-state index in [9.17, 15) is 4.79 Å². The normalized spacial score (nSPS) is 11.4. The molecule has 0 bridgehead atoms. The first-order chi connectivity index (χ1) is 8.95. The average molecular weight is 288 g/mol. The first kappa shape index (κ1) is 15.7. The van der Waals surface area contributed by atoms with Gasteiger partial charge in [0.2, 0.25) is 0 Å². The van der Waals surface area contributed by atoms with Gasteiger partial charge in [0.05, 0.1) is 18.8 Å². The van der Waals surface area contributed by atoms with E-state index >= 15 is 0 Å². The van der Waals surface area contributed by atoms with E-state index in [4.69, 9.17) is 15.9 Å². The third kappa shape index (κ3) is 4.05. The number of rotatable bonds is 7. The van der Waals surface area contributed by atoms with Crippen molar-refractivity contribution in [2.45, 2.75) is 25.8 Å². The van der Waals surface area contributed by atoms with Crippen LogP contribution in [0.15, 0.2) is 0 Å². The summed E-state index contributed by atoms with van der Waals surface area (Å²) in [5.74, 6) is -0.315. The van der Waals surface area contributed by atoms with Crippen LogP contribution in [0.5, 0.6) is 0 Å². The number of aliphatic hydroxyl groups is 2. The van der Waals surface area contributed by atoms with E-state index in [-0.39, 0.29) is 23.9 Å². The van der Waals surface area contributed by atoms with E-state index in [0.29, 0.717) is 5.13 Å². The smallest absolute Gasteiger partial charge is 0.265 e. The molecule has 0 radical (unpaired) electrons. The molecule has 0 aliphatic rings. The van der Waals surface area contributed by atoms with E-state index in [2.05, 4.69) is 15.6 Å². The van der Waals surface area contributed by atoms with Crippen LogP contribution >= 0.6 is 11.3 Å². The van der Waals surface area contributed by atoms with Crippen LogP contribution in [0.2, 0.25) is 0 Å². The van der Waals surface area contributed by atoms with Crippen LogP contribution < -0.4 is 16.4 Å². The van der Waals surface area contributed by atoms with Crippen molar-refractivity contribution in [2.24, 2.45) is 0 Å². The van der Waals surface area contributed by atoms with Crippen molar-refractivity contribution in [3.05, 3.63) is 4.88 Å². The number of nitrogens with zero attached hydrogens (tertiary/aromatic N) is 1. The van der Waals surface area contributed by atoms with Gasteiger partial charge in [-0.1, -0.05) is 18.3 Å². The monoisotopic (exact) mass is 288 g/mol. The van der Waals surface area contributed by atoms with Gasteiger partial charge in [0.25, 0.3) is 5.91 Å². The minimum absolute atomic E-state index is 0.138. The van der Waals surface area contributed by atoms with Gasteiger partial charge >= 0.3 is 0 Å². The second-order valence-electron chi connectivity index (χ2n) is 4.49. The van der Waals surface area contributed by atoms with Crippen molar-refractivity contribution in [1.29, 1.82) is 0 Å². The van der Waals surface area contributed by atoms with Gasteiger partial charge in [-0.05, 0) is 13.3 Å². The van der Waals surface area contributed by atoms with Crippen molar-refractivity contribution in [1.82, 2.24) is 10.3 Å². The second-order valence-corrected chi connectivity index (χ2v) is 5.49. The number of anilines is 2. The summed E-state index contributed by atoms with van der Waals surface area (Å²) in [6.45, 7) is 3.58. The van der Waals surface area contributed by atoms with Crippen molar-refractivity contribution in [3.63, 3.8) is 0 Å². The van der Waals surface area contributed by atoms with Crippen LogP contribution in [-0.4, -0.2) is 46.4 Å². The minimum atomic E-state index is -1.08. The fourth-order valence-electron chi connectivity index (χ4n) is 1.26. The molecule has 0 fully saturated rings. The molecule has 1 heterocycles. The lowest BCUT2D eigenvalue weighted by Crippen LogP contribution is -2.51. The predicted octanol–water partition coefficient (Wildman–Crippen LogP) is 0.0203. The molecule has 7 nitrogen and oxygen atoms in total. The molecule has 0 unspecified atom stereocenters. The third-order valence-electron chi connectivity index (χ3n) is 2.50. The van der Waals surface area contributed by atoms with Gasteiger partial charge in [0.1, 0.15) is 10.7 Å². The average Bonchev–Trinajstić information content (AvgIpc) is 2.77. The zero-order valence-corrected chi connectivity index (χ0v) is 11.9. The fraction of sp³-hybridized carbons (Fsp3) is 0.636. The molecule has 1 amide bonds. The van der Waals surface area contributed by atoms with Crippen LogP contribution in [0.25, 0.3) is 0 Å². The van der Waals surface area contributed by atoms with Crippen LogP contribution in [0.3, 0.4) is 0 Å². The predicted molar refractivity (Wildman–Crippen MR) is 75.3 cm³/mol. The van der Waals surface area contributed by atoms with Gasteiger partial charge in [0, 0.05) is 6.54 Å². The Morgan fingerprint density at radius 2 is 2.11 bits per heavy atom. The van der Waals surface area contributed by atoms with Crippen molar-refractivity contribution in [3.8, 4) is 0 Å². The molecular weight excluding hydrogens is 268 g/mol. The van der Waals surface area contributed by atoms with Gasteiger partial charge < -0.3 is 26.6 Å². The third-order valence-corrected chi connectivity index (χ3v) is 3.53. The molecule has 0 atom stereocenters. The van der Waals surface area contributed by atoms with Gasteiger partial charge in [-0.2, -0.15) is 0 Å². The Kier molecular flexibility index (Phi) is 5.52. The summed E-state index contributed by atoms with van der Waals surface area (Å²) < 4.78 is 0. The van der Waals surface area contributed by atoms with Crippen molar-refractivity contribution < 1.29 is 15.0 Å². The van der Waals surface area contributed by atoms with Crippen LogP contribution in [0.1, 0.15) is 29.9 Å². The Morgan fingerprint density at radius 1 is 1.47 bits per heavy atom. The minimum Gasteiger partial charge on any atom is -0.394 e. The number of nitrogens with two attached hydrogens (primary N) is 1. The zero-order chi connectivity index (χ0) is 14.5. The number of nitrogens with one attached hydrogen (secondary N) is 2. The first-order valence-corrected chi connectivity index (χ1v) is 6.81. The molecule has 108 valence electrons. The SMILES string of the molecule is CCCNc1nc(N)c(C(=O)NC(C)(CO)CO)s1. The summed E-state index contributed by atoms with van der Waals surface area (Å²) in [6.07, 6.45) is 0.939. The Hall–Kier alpha value is -1.38. The standard InChI is InChI=1S/C11H20N4O3S/c1-3-4-13-10-14-8(12)7(19-10)9(18)15-11(2,5-16)6-17/h16-17H,3-6,12H2,1-2H3,(H,13,14)(H,15,18). The lowest BCUT2D eigenvalue weighted by Gasteiger charge is -2.25. The number of hydrogen-bond acceptors (Lipinski definition) is 7. The van der Waals surface area contributed by atoms with Gasteiger partial charge in [-0.3, -0.25) is 4.79 Å². The molecule has 0 saturated heterocycles. The summed E-state index contributed by atoms with van der Waals surface area (Å²) in [5.41, 5.74) is 4.61. The number of carbonyl (C=O) groups excluding carboxylic acids is 1. The van der Waals surface area contributed by atoms with Crippen LogP contribution in [0.4, 0.5) is 10.9 Å². The number of aliphatic hydroxyl groups excluding tert-OH is 2. The number of amides is 1. The molecule has 0 aliphatic carbocycles. The molecular formula is C11H20N4O3S. The number of thiazole rings is 1. The van der Waals surface area contributed by atoms with E-state index in [1.54, 1.807) is 6.92 Å². The Bertz CT molecular complexity index is 432. The van der Waals surface area contributed by atoms with Crippen molar-refractivity contribution >= 4 is 28.2 Å². The van der Waals surface area contributed by atoms with Crippen LogP contribution in [0, 0.1) is 0 Å². The maximum atomic E-state index is 12.0. The highest BCUT2D eigenvalue weighted by Gasteiger charge is 2.27. The van der Waals surface area contributed by atoms with Crippen molar-refractivity contribution in [2.75, 3.05) is 30.8 Å². The topological polar surface area (TPSA) is 120 Å². The van der Waals surface area contributed by atoms with E-state index < -0.39 is 11.4 Å². The lowest BCUT2D eigenvalue weighted by atomic mass is 10.1. The number of nitrogen functional groups attached to an aromatic ring is 1. The number of aromatic nitrogens is 1. The molecule has 0 spiro atoms. The maximum absolute atomic E-state index is 12.0. The molecule has 19 heavy (non-hydrogen) atoms. The summed E-state index contributed by atoms with van der Waals surface area (Å²) in [5, 5.41) is 24.5. The summed E-state index contributed by atoms with van der Waals surface area (Å²) >= 11 is 1.15.